The molecule has 4 nitrogen and oxygen atoms in total. The zero-order valence-corrected chi connectivity index (χ0v) is 11.6. The third kappa shape index (κ3) is 3.58. The predicted molar refractivity (Wildman–Crippen MR) is 74.3 cm³/mol. The molecule has 0 radical (unpaired) electrons. The standard InChI is InChI=1S/C12H14ClNO3S/c1-12(2,11(15)16)6-17-7-3-4-8(10(14)18)9(13)5-7/h3-5H,6H2,1-2H3,(H2,14,18)(H,15,16). The molecule has 0 spiro atoms. The van der Waals surface area contributed by atoms with Crippen LogP contribution in [0.25, 0.3) is 0 Å². The summed E-state index contributed by atoms with van der Waals surface area (Å²) in [5.74, 6) is -0.442. The van der Waals surface area contributed by atoms with Crippen LogP contribution < -0.4 is 10.5 Å². The van der Waals surface area contributed by atoms with Gasteiger partial charge in [-0.25, -0.2) is 0 Å². The molecule has 0 aliphatic rings. The topological polar surface area (TPSA) is 72.5 Å². The highest BCUT2D eigenvalue weighted by molar-refractivity contribution is 7.80. The van der Waals surface area contributed by atoms with E-state index in [4.69, 9.17) is 39.4 Å². The maximum Gasteiger partial charge on any atom is 0.312 e. The number of aliphatic carboxylic acids is 1. The van der Waals surface area contributed by atoms with Crippen molar-refractivity contribution in [3.8, 4) is 5.75 Å². The minimum atomic E-state index is -0.964. The molecule has 1 aromatic carbocycles. The molecule has 6 heteroatoms. The van der Waals surface area contributed by atoms with Gasteiger partial charge in [0, 0.05) is 5.56 Å². The molecule has 0 fully saturated rings. The highest BCUT2D eigenvalue weighted by atomic mass is 35.5. The van der Waals surface area contributed by atoms with E-state index in [1.54, 1.807) is 32.0 Å². The maximum atomic E-state index is 10.9. The summed E-state index contributed by atoms with van der Waals surface area (Å²) in [6.45, 7) is 3.21. The van der Waals surface area contributed by atoms with E-state index in [0.29, 0.717) is 16.3 Å². The van der Waals surface area contributed by atoms with Gasteiger partial charge in [0.1, 0.15) is 17.3 Å². The average Bonchev–Trinajstić information content (AvgIpc) is 2.25. The molecule has 0 amide bonds. The zero-order valence-electron chi connectivity index (χ0n) is 10.1. The first-order valence-corrected chi connectivity index (χ1v) is 5.98. The first-order chi connectivity index (χ1) is 8.24. The molecule has 0 aliphatic carbocycles. The summed E-state index contributed by atoms with van der Waals surface area (Å²) in [7, 11) is 0. The van der Waals surface area contributed by atoms with E-state index in [9.17, 15) is 4.79 Å². The van der Waals surface area contributed by atoms with Crippen LogP contribution in [0.4, 0.5) is 0 Å². The van der Waals surface area contributed by atoms with Crippen LogP contribution in [-0.2, 0) is 4.79 Å². The van der Waals surface area contributed by atoms with Crippen LogP contribution in [0.15, 0.2) is 18.2 Å². The summed E-state index contributed by atoms with van der Waals surface area (Å²) >= 11 is 10.8. The summed E-state index contributed by atoms with van der Waals surface area (Å²) < 4.78 is 5.40. The Kier molecular flexibility index (Phi) is 4.53. The number of hydrogen-bond donors (Lipinski definition) is 2. The van der Waals surface area contributed by atoms with Gasteiger partial charge in [-0.05, 0) is 32.0 Å². The average molecular weight is 288 g/mol. The van der Waals surface area contributed by atoms with E-state index >= 15 is 0 Å². The largest absolute Gasteiger partial charge is 0.492 e. The molecular formula is C12H14ClNO3S. The number of carboxylic acids is 1. The van der Waals surface area contributed by atoms with Gasteiger partial charge < -0.3 is 15.6 Å². The smallest absolute Gasteiger partial charge is 0.312 e. The molecular weight excluding hydrogens is 274 g/mol. The Hall–Kier alpha value is -1.33. The number of ether oxygens (including phenoxy) is 1. The first-order valence-electron chi connectivity index (χ1n) is 5.19. The molecule has 1 rings (SSSR count). The Morgan fingerprint density at radius 1 is 1.56 bits per heavy atom. The molecule has 0 aromatic heterocycles. The molecule has 98 valence electrons. The summed E-state index contributed by atoms with van der Waals surface area (Å²) in [6.07, 6.45) is 0. The van der Waals surface area contributed by atoms with Gasteiger partial charge in [-0.1, -0.05) is 23.8 Å². The van der Waals surface area contributed by atoms with E-state index in [1.165, 1.54) is 0 Å². The molecule has 18 heavy (non-hydrogen) atoms. The lowest BCUT2D eigenvalue weighted by molar-refractivity contribution is -0.148. The Morgan fingerprint density at radius 3 is 2.61 bits per heavy atom. The predicted octanol–water partition coefficient (Wildman–Crippen LogP) is 2.46. The summed E-state index contributed by atoms with van der Waals surface area (Å²) in [4.78, 5) is 11.1. The van der Waals surface area contributed by atoms with Crippen molar-refractivity contribution in [1.29, 1.82) is 0 Å². The van der Waals surface area contributed by atoms with Gasteiger partial charge in [0.05, 0.1) is 10.4 Å². The molecule has 0 unspecified atom stereocenters. The van der Waals surface area contributed by atoms with Crippen molar-refractivity contribution in [3.05, 3.63) is 28.8 Å². The molecule has 0 aliphatic heterocycles. The quantitative estimate of drug-likeness (QED) is 0.814. The van der Waals surface area contributed by atoms with Gasteiger partial charge in [-0.15, -0.1) is 0 Å². The monoisotopic (exact) mass is 287 g/mol. The molecule has 0 saturated carbocycles. The summed E-state index contributed by atoms with van der Waals surface area (Å²) in [5, 5.41) is 9.33. The summed E-state index contributed by atoms with van der Waals surface area (Å²) in [5.41, 5.74) is 5.08. The van der Waals surface area contributed by atoms with E-state index < -0.39 is 11.4 Å². The van der Waals surface area contributed by atoms with Crippen LogP contribution in [0.2, 0.25) is 5.02 Å². The van der Waals surface area contributed by atoms with Gasteiger partial charge in [0.15, 0.2) is 0 Å². The number of carbonyl (C=O) groups is 1. The number of hydrogen-bond acceptors (Lipinski definition) is 3. The van der Waals surface area contributed by atoms with Crippen molar-refractivity contribution in [1.82, 2.24) is 0 Å². The van der Waals surface area contributed by atoms with Crippen LogP contribution in [-0.4, -0.2) is 22.7 Å². The van der Waals surface area contributed by atoms with Crippen molar-refractivity contribution in [2.45, 2.75) is 13.8 Å². The van der Waals surface area contributed by atoms with Gasteiger partial charge in [-0.2, -0.15) is 0 Å². The first kappa shape index (κ1) is 14.7. The Balaban J connectivity index is 2.79. The number of benzene rings is 1. The number of carboxylic acid groups (broad SMARTS) is 1. The molecule has 0 heterocycles. The maximum absolute atomic E-state index is 10.9. The lowest BCUT2D eigenvalue weighted by atomic mass is 9.95. The minimum absolute atomic E-state index is 0.0467. The summed E-state index contributed by atoms with van der Waals surface area (Å²) in [6, 6.07) is 4.86. The van der Waals surface area contributed by atoms with Crippen molar-refractivity contribution in [3.63, 3.8) is 0 Å². The van der Waals surface area contributed by atoms with E-state index in [-0.39, 0.29) is 11.6 Å². The molecule has 0 saturated heterocycles. The highest BCUT2D eigenvalue weighted by Crippen LogP contribution is 2.24. The Morgan fingerprint density at radius 2 is 2.17 bits per heavy atom. The van der Waals surface area contributed by atoms with Gasteiger partial charge in [-0.3, -0.25) is 4.79 Å². The van der Waals surface area contributed by atoms with E-state index in [0.717, 1.165) is 0 Å². The Labute approximate surface area is 116 Å². The highest BCUT2D eigenvalue weighted by Gasteiger charge is 2.28. The van der Waals surface area contributed by atoms with E-state index in [1.807, 2.05) is 0 Å². The zero-order chi connectivity index (χ0) is 13.9. The van der Waals surface area contributed by atoms with Crippen LogP contribution in [0.5, 0.6) is 5.75 Å². The number of rotatable bonds is 5. The second-order valence-corrected chi connectivity index (χ2v) is 5.33. The Bertz CT molecular complexity index is 488. The number of halogens is 1. The van der Waals surface area contributed by atoms with Gasteiger partial charge >= 0.3 is 5.97 Å². The molecule has 0 atom stereocenters. The van der Waals surface area contributed by atoms with E-state index in [2.05, 4.69) is 0 Å². The number of nitrogens with two attached hydrogens (primary N) is 1. The third-order valence-corrected chi connectivity index (χ3v) is 2.92. The third-order valence-electron chi connectivity index (χ3n) is 2.38. The fraction of sp³-hybridized carbons (Fsp3) is 0.333. The fourth-order valence-corrected chi connectivity index (χ4v) is 1.62. The van der Waals surface area contributed by atoms with Crippen LogP contribution in [0.1, 0.15) is 19.4 Å². The van der Waals surface area contributed by atoms with Crippen LogP contribution >= 0.6 is 23.8 Å². The second kappa shape index (κ2) is 5.54. The van der Waals surface area contributed by atoms with Crippen molar-refractivity contribution < 1.29 is 14.6 Å². The lowest BCUT2D eigenvalue weighted by Crippen LogP contribution is -2.30. The normalized spacial score (nSPS) is 11.1. The van der Waals surface area contributed by atoms with Crippen molar-refractivity contribution in [2.75, 3.05) is 6.61 Å². The lowest BCUT2D eigenvalue weighted by Gasteiger charge is -2.19. The number of thiocarbonyl (C=S) groups is 1. The van der Waals surface area contributed by atoms with Crippen LogP contribution in [0, 0.1) is 5.41 Å². The van der Waals surface area contributed by atoms with Gasteiger partial charge in [0.2, 0.25) is 0 Å². The van der Waals surface area contributed by atoms with Gasteiger partial charge in [0.25, 0.3) is 0 Å². The van der Waals surface area contributed by atoms with Crippen molar-refractivity contribution in [2.24, 2.45) is 11.1 Å². The molecule has 3 N–H and O–H groups in total. The molecule has 1 aromatic rings. The second-order valence-electron chi connectivity index (χ2n) is 4.48. The fourth-order valence-electron chi connectivity index (χ4n) is 1.11. The molecule has 0 bridgehead atoms. The van der Waals surface area contributed by atoms with Crippen LogP contribution in [0.3, 0.4) is 0 Å². The van der Waals surface area contributed by atoms with Crippen molar-refractivity contribution >= 4 is 34.8 Å². The SMILES string of the molecule is CC(C)(COc1ccc(C(N)=S)c(Cl)c1)C(=O)O. The minimum Gasteiger partial charge on any atom is -0.492 e.